The van der Waals surface area contributed by atoms with Crippen molar-refractivity contribution < 1.29 is 9.90 Å². The number of rotatable bonds is 3. The zero-order valence-electron chi connectivity index (χ0n) is 11.1. The van der Waals surface area contributed by atoms with Gasteiger partial charge in [-0.2, -0.15) is 0 Å². The molecule has 0 radical (unpaired) electrons. The van der Waals surface area contributed by atoms with E-state index in [0.29, 0.717) is 28.4 Å². The number of aliphatic hydroxyl groups excluding tert-OH is 1. The third kappa shape index (κ3) is 4.60. The highest BCUT2D eigenvalue weighted by atomic mass is 35.5. The standard InChI is InChI=1S/C16H13ClN2O2/c17-13-5-7-14(8-6-13)19-16(21)15-9-4-12(11-18-15)3-1-2-10-20/h4-9,11,20H,2,10H2,(H,19,21). The summed E-state index contributed by atoms with van der Waals surface area (Å²) in [5, 5.41) is 12.0. The van der Waals surface area contributed by atoms with Crippen LogP contribution in [-0.4, -0.2) is 22.6 Å². The topological polar surface area (TPSA) is 62.2 Å². The van der Waals surface area contributed by atoms with E-state index in [-0.39, 0.29) is 12.5 Å². The van der Waals surface area contributed by atoms with Crippen molar-refractivity contribution in [2.45, 2.75) is 6.42 Å². The molecule has 0 bridgehead atoms. The molecule has 2 rings (SSSR count). The number of hydrogen-bond acceptors (Lipinski definition) is 3. The van der Waals surface area contributed by atoms with Gasteiger partial charge in [0.2, 0.25) is 0 Å². The molecule has 4 nitrogen and oxygen atoms in total. The number of aromatic nitrogens is 1. The molecule has 0 saturated carbocycles. The van der Waals surface area contributed by atoms with Crippen molar-refractivity contribution in [3.63, 3.8) is 0 Å². The van der Waals surface area contributed by atoms with Gasteiger partial charge in [-0.3, -0.25) is 4.79 Å². The quantitative estimate of drug-likeness (QED) is 0.857. The van der Waals surface area contributed by atoms with E-state index in [0.717, 1.165) is 0 Å². The van der Waals surface area contributed by atoms with Crippen molar-refractivity contribution in [1.29, 1.82) is 0 Å². The summed E-state index contributed by atoms with van der Waals surface area (Å²) in [5.41, 5.74) is 1.65. The lowest BCUT2D eigenvalue weighted by Gasteiger charge is -2.04. The number of carbonyl (C=O) groups is 1. The molecule has 1 amide bonds. The van der Waals surface area contributed by atoms with Crippen molar-refractivity contribution in [3.05, 3.63) is 58.9 Å². The lowest BCUT2D eigenvalue weighted by atomic mass is 10.2. The molecule has 21 heavy (non-hydrogen) atoms. The van der Waals surface area contributed by atoms with Gasteiger partial charge in [-0.25, -0.2) is 4.98 Å². The van der Waals surface area contributed by atoms with Crippen molar-refractivity contribution >= 4 is 23.2 Å². The maximum Gasteiger partial charge on any atom is 0.274 e. The molecule has 0 aliphatic heterocycles. The first-order valence-electron chi connectivity index (χ1n) is 6.32. The summed E-state index contributed by atoms with van der Waals surface area (Å²) in [6, 6.07) is 10.2. The Hall–Kier alpha value is -2.35. The minimum atomic E-state index is -0.299. The van der Waals surface area contributed by atoms with E-state index in [1.165, 1.54) is 6.20 Å². The largest absolute Gasteiger partial charge is 0.395 e. The first kappa shape index (κ1) is 15.0. The monoisotopic (exact) mass is 300 g/mol. The van der Waals surface area contributed by atoms with Crippen LogP contribution in [0.25, 0.3) is 0 Å². The van der Waals surface area contributed by atoms with Crippen LogP contribution in [0, 0.1) is 11.8 Å². The zero-order valence-corrected chi connectivity index (χ0v) is 11.9. The average Bonchev–Trinajstić information content (AvgIpc) is 2.50. The van der Waals surface area contributed by atoms with E-state index >= 15 is 0 Å². The van der Waals surface area contributed by atoms with Gasteiger partial charge in [-0.15, -0.1) is 0 Å². The highest BCUT2D eigenvalue weighted by Gasteiger charge is 2.07. The van der Waals surface area contributed by atoms with Crippen LogP contribution in [0.3, 0.4) is 0 Å². The number of anilines is 1. The van der Waals surface area contributed by atoms with Gasteiger partial charge in [-0.05, 0) is 36.4 Å². The summed E-state index contributed by atoms with van der Waals surface area (Å²) in [6.45, 7) is 0.0298. The second-order valence-corrected chi connectivity index (χ2v) is 4.60. The lowest BCUT2D eigenvalue weighted by Crippen LogP contribution is -2.13. The number of nitrogens with one attached hydrogen (secondary N) is 1. The molecule has 1 heterocycles. The normalized spacial score (nSPS) is 9.62. The number of carbonyl (C=O) groups excluding carboxylic acids is 1. The van der Waals surface area contributed by atoms with Crippen LogP contribution in [-0.2, 0) is 0 Å². The van der Waals surface area contributed by atoms with Crippen LogP contribution < -0.4 is 5.32 Å². The third-order valence-electron chi connectivity index (χ3n) is 2.57. The van der Waals surface area contributed by atoms with Crippen LogP contribution in [0.2, 0.25) is 5.02 Å². The molecule has 0 aliphatic carbocycles. The molecule has 2 N–H and O–H groups in total. The molecule has 1 aromatic heterocycles. The summed E-state index contributed by atoms with van der Waals surface area (Å²) in [5.74, 6) is 5.34. The molecular formula is C16H13ClN2O2. The van der Waals surface area contributed by atoms with Gasteiger partial charge in [0.25, 0.3) is 5.91 Å². The van der Waals surface area contributed by atoms with E-state index in [4.69, 9.17) is 16.7 Å². The number of hydrogen-bond donors (Lipinski definition) is 2. The van der Waals surface area contributed by atoms with Crippen LogP contribution in [0.5, 0.6) is 0 Å². The van der Waals surface area contributed by atoms with Gasteiger partial charge in [0.05, 0.1) is 6.61 Å². The summed E-state index contributed by atoms with van der Waals surface area (Å²) in [7, 11) is 0. The van der Waals surface area contributed by atoms with Crippen LogP contribution >= 0.6 is 11.6 Å². The van der Waals surface area contributed by atoms with Crippen LogP contribution in [0.4, 0.5) is 5.69 Å². The smallest absolute Gasteiger partial charge is 0.274 e. The molecule has 5 heteroatoms. The number of pyridine rings is 1. The molecule has 0 aliphatic rings. The third-order valence-corrected chi connectivity index (χ3v) is 2.82. The highest BCUT2D eigenvalue weighted by molar-refractivity contribution is 6.30. The van der Waals surface area contributed by atoms with Gasteiger partial charge < -0.3 is 10.4 Å². The Morgan fingerprint density at radius 2 is 2.00 bits per heavy atom. The van der Waals surface area contributed by atoms with E-state index in [9.17, 15) is 4.79 Å². The number of nitrogens with zero attached hydrogens (tertiary/aromatic N) is 1. The highest BCUT2D eigenvalue weighted by Crippen LogP contribution is 2.14. The Morgan fingerprint density at radius 3 is 2.62 bits per heavy atom. The van der Waals surface area contributed by atoms with Crippen molar-refractivity contribution in [2.75, 3.05) is 11.9 Å². The second-order valence-electron chi connectivity index (χ2n) is 4.17. The molecule has 0 atom stereocenters. The minimum absolute atomic E-state index is 0.0298. The first-order valence-corrected chi connectivity index (χ1v) is 6.69. The zero-order chi connectivity index (χ0) is 15.1. The Bertz CT molecular complexity index is 670. The van der Waals surface area contributed by atoms with Crippen LogP contribution in [0.1, 0.15) is 22.5 Å². The summed E-state index contributed by atoms with van der Waals surface area (Å²) >= 11 is 5.78. The predicted octanol–water partition coefficient (Wildman–Crippen LogP) is 2.72. The minimum Gasteiger partial charge on any atom is -0.395 e. The van der Waals surface area contributed by atoms with Crippen LogP contribution in [0.15, 0.2) is 42.6 Å². The Balaban J connectivity index is 2.03. The van der Waals surface area contributed by atoms with Gasteiger partial charge in [0, 0.05) is 28.9 Å². The molecule has 0 unspecified atom stereocenters. The molecule has 106 valence electrons. The van der Waals surface area contributed by atoms with E-state index in [1.807, 2.05) is 0 Å². The fraction of sp³-hybridized carbons (Fsp3) is 0.125. The molecule has 0 fully saturated rings. The molecule has 0 saturated heterocycles. The number of amides is 1. The number of benzene rings is 1. The summed E-state index contributed by atoms with van der Waals surface area (Å²) in [4.78, 5) is 16.1. The Labute approximate surface area is 127 Å². The molecule has 1 aromatic carbocycles. The van der Waals surface area contributed by atoms with Gasteiger partial charge in [0.15, 0.2) is 0 Å². The van der Waals surface area contributed by atoms with E-state index < -0.39 is 0 Å². The second kappa shape index (κ2) is 7.44. The number of aliphatic hydroxyl groups is 1. The van der Waals surface area contributed by atoms with Gasteiger partial charge in [-0.1, -0.05) is 23.4 Å². The van der Waals surface area contributed by atoms with E-state index in [2.05, 4.69) is 22.1 Å². The van der Waals surface area contributed by atoms with Crippen molar-refractivity contribution in [3.8, 4) is 11.8 Å². The first-order chi connectivity index (χ1) is 10.2. The van der Waals surface area contributed by atoms with Crippen molar-refractivity contribution in [2.24, 2.45) is 0 Å². The van der Waals surface area contributed by atoms with Crippen molar-refractivity contribution in [1.82, 2.24) is 4.98 Å². The maximum atomic E-state index is 12.0. The Morgan fingerprint density at radius 1 is 1.24 bits per heavy atom. The summed E-state index contributed by atoms with van der Waals surface area (Å²) in [6.07, 6.45) is 1.94. The number of halogens is 1. The molecule has 0 spiro atoms. The van der Waals surface area contributed by atoms with Gasteiger partial charge in [0.1, 0.15) is 5.69 Å². The van der Waals surface area contributed by atoms with Gasteiger partial charge >= 0.3 is 0 Å². The lowest BCUT2D eigenvalue weighted by molar-refractivity contribution is 0.102. The molecule has 2 aromatic rings. The predicted molar refractivity (Wildman–Crippen MR) is 82.2 cm³/mol. The summed E-state index contributed by atoms with van der Waals surface area (Å²) < 4.78 is 0. The maximum absolute atomic E-state index is 12.0. The Kier molecular flexibility index (Phi) is 5.33. The van der Waals surface area contributed by atoms with E-state index in [1.54, 1.807) is 36.4 Å². The molecular weight excluding hydrogens is 288 g/mol. The average molecular weight is 301 g/mol. The fourth-order valence-corrected chi connectivity index (χ4v) is 1.68. The SMILES string of the molecule is O=C(Nc1ccc(Cl)cc1)c1ccc(C#CCCO)cn1. The fourth-order valence-electron chi connectivity index (χ4n) is 1.55.